The van der Waals surface area contributed by atoms with Crippen LogP contribution >= 0.6 is 0 Å². The predicted octanol–water partition coefficient (Wildman–Crippen LogP) is 3.62. The quantitative estimate of drug-likeness (QED) is 0.357. The molecule has 2 N–H and O–H groups in total. The maximum Gasteiger partial charge on any atom is 0.354 e. The number of ether oxygens (including phenoxy) is 1. The van der Waals surface area contributed by atoms with Crippen LogP contribution in [-0.2, 0) is 27.1 Å². The molecule has 6 heterocycles. The van der Waals surface area contributed by atoms with Crippen LogP contribution < -0.4 is 10.2 Å². The van der Waals surface area contributed by atoms with E-state index in [0.29, 0.717) is 30.8 Å². The zero-order chi connectivity index (χ0) is 28.4. The molecule has 0 unspecified atom stereocenters. The highest BCUT2D eigenvalue weighted by atomic mass is 16.5. The summed E-state index contributed by atoms with van der Waals surface area (Å²) in [5.74, 6) is -0.579. The number of benzene rings is 1. The van der Waals surface area contributed by atoms with Gasteiger partial charge in [0.25, 0.3) is 0 Å². The van der Waals surface area contributed by atoms with E-state index in [9.17, 15) is 9.59 Å². The number of anilines is 1. The Morgan fingerprint density at radius 1 is 1.15 bits per heavy atom. The monoisotopic (exact) mass is 552 g/mol. The van der Waals surface area contributed by atoms with E-state index in [1.807, 2.05) is 4.52 Å². The van der Waals surface area contributed by atoms with Gasteiger partial charge in [0.15, 0.2) is 11.5 Å². The Kier molecular flexibility index (Phi) is 5.69. The third-order valence-corrected chi connectivity index (χ3v) is 9.17. The lowest BCUT2D eigenvalue weighted by Gasteiger charge is -2.41. The Bertz CT molecular complexity index is 1680. The standard InChI is InChI=1S/C31H32N6O4/c1-20-12-23(36-11-9-29(2,18-36)22-6-4-3-5-7-22)15-37-25(20)34-27(35-37)31-16-30(17-31,19-41-31)28(40)33-14-21-8-10-32-24(13-21)26(38)39/h3-8,10,12-13,15H,9,11,14,16-19H2,1-2H3,(H,33,40)(H,38,39)/t29-,30?,31?/m0/s1. The highest BCUT2D eigenvalue weighted by Gasteiger charge is 2.68. The van der Waals surface area contributed by atoms with Gasteiger partial charge in [0, 0.05) is 44.1 Å². The third-order valence-electron chi connectivity index (χ3n) is 9.17. The van der Waals surface area contributed by atoms with Gasteiger partial charge in [-0.2, -0.15) is 0 Å². The summed E-state index contributed by atoms with van der Waals surface area (Å²) in [5.41, 5.74) is 3.78. The maximum absolute atomic E-state index is 13.2. The lowest BCUT2D eigenvalue weighted by Crippen LogP contribution is -2.51. The number of carboxylic acids is 1. The van der Waals surface area contributed by atoms with Gasteiger partial charge in [-0.1, -0.05) is 37.3 Å². The first-order chi connectivity index (χ1) is 19.7. The molecular weight excluding hydrogens is 520 g/mol. The van der Waals surface area contributed by atoms with Gasteiger partial charge in [0.05, 0.1) is 23.9 Å². The molecule has 1 aromatic carbocycles. The predicted molar refractivity (Wildman–Crippen MR) is 151 cm³/mol. The van der Waals surface area contributed by atoms with Gasteiger partial charge in [-0.15, -0.1) is 5.10 Å². The highest BCUT2D eigenvalue weighted by Crippen LogP contribution is 2.62. The van der Waals surface area contributed by atoms with E-state index in [0.717, 1.165) is 36.4 Å². The number of hydrogen-bond acceptors (Lipinski definition) is 7. The van der Waals surface area contributed by atoms with Gasteiger partial charge >= 0.3 is 5.97 Å². The maximum atomic E-state index is 13.2. The second-order valence-electron chi connectivity index (χ2n) is 12.1. The number of carbonyl (C=O) groups excluding carboxylic acids is 1. The lowest BCUT2D eigenvalue weighted by atomic mass is 9.61. The summed E-state index contributed by atoms with van der Waals surface area (Å²) in [6.45, 7) is 6.84. The van der Waals surface area contributed by atoms with Crippen molar-refractivity contribution in [2.75, 3.05) is 24.6 Å². The zero-order valence-electron chi connectivity index (χ0n) is 23.1. The van der Waals surface area contributed by atoms with Crippen LogP contribution in [0.1, 0.15) is 59.2 Å². The van der Waals surface area contributed by atoms with Crippen LogP contribution in [-0.4, -0.2) is 56.3 Å². The lowest BCUT2D eigenvalue weighted by molar-refractivity contribution is -0.136. The average molecular weight is 553 g/mol. The Morgan fingerprint density at radius 2 is 1.95 bits per heavy atom. The van der Waals surface area contributed by atoms with E-state index in [2.05, 4.69) is 71.6 Å². The molecule has 210 valence electrons. The SMILES string of the molecule is Cc1cc(N2CC[C@](C)(c3ccccc3)C2)cn2nc(C34CC(C(=O)NCc5ccnc(C(=O)O)c5)(CO3)C4)nc12. The summed E-state index contributed by atoms with van der Waals surface area (Å²) in [4.78, 5) is 35.5. The van der Waals surface area contributed by atoms with Crippen molar-refractivity contribution in [1.82, 2.24) is 24.9 Å². The molecule has 3 saturated heterocycles. The van der Waals surface area contributed by atoms with Gasteiger partial charge in [0.2, 0.25) is 5.91 Å². The molecule has 1 saturated carbocycles. The Morgan fingerprint density at radius 3 is 2.73 bits per heavy atom. The van der Waals surface area contributed by atoms with Gasteiger partial charge in [-0.25, -0.2) is 19.3 Å². The molecular formula is C31H32N6O4. The second kappa shape index (κ2) is 9.10. The molecule has 8 rings (SSSR count). The number of aromatic carboxylic acids is 1. The number of amides is 1. The number of aromatic nitrogens is 4. The minimum atomic E-state index is -1.10. The molecule has 0 radical (unpaired) electrons. The number of nitrogens with one attached hydrogen (secondary N) is 1. The number of nitrogens with zero attached hydrogens (tertiary/aromatic N) is 5. The smallest absolute Gasteiger partial charge is 0.354 e. The number of fused-ring (bicyclic) bond motifs is 2. The fourth-order valence-electron chi connectivity index (χ4n) is 6.80. The van der Waals surface area contributed by atoms with Crippen molar-refractivity contribution < 1.29 is 19.4 Å². The van der Waals surface area contributed by atoms with Crippen LogP contribution in [0.3, 0.4) is 0 Å². The van der Waals surface area contributed by atoms with E-state index in [1.54, 1.807) is 6.07 Å². The molecule has 1 amide bonds. The molecule has 10 heteroatoms. The van der Waals surface area contributed by atoms with E-state index >= 15 is 0 Å². The number of hydrogen-bond donors (Lipinski definition) is 2. The van der Waals surface area contributed by atoms with Crippen molar-refractivity contribution in [2.45, 2.75) is 50.7 Å². The van der Waals surface area contributed by atoms with E-state index in [1.165, 1.54) is 17.8 Å². The summed E-state index contributed by atoms with van der Waals surface area (Å²) < 4.78 is 8.07. The molecule has 10 nitrogen and oxygen atoms in total. The molecule has 41 heavy (non-hydrogen) atoms. The summed E-state index contributed by atoms with van der Waals surface area (Å²) >= 11 is 0. The molecule has 3 aromatic heterocycles. The van der Waals surface area contributed by atoms with Crippen LogP contribution in [0.25, 0.3) is 5.65 Å². The molecule has 1 aliphatic carbocycles. The Balaban J connectivity index is 1.06. The van der Waals surface area contributed by atoms with Crippen LogP contribution in [0, 0.1) is 12.3 Å². The fourth-order valence-corrected chi connectivity index (χ4v) is 6.80. The summed E-state index contributed by atoms with van der Waals surface area (Å²) in [5, 5.41) is 17.0. The molecule has 4 aliphatic rings. The largest absolute Gasteiger partial charge is 0.477 e. The van der Waals surface area contributed by atoms with Gasteiger partial charge < -0.3 is 20.1 Å². The molecule has 3 aliphatic heterocycles. The number of carboxylic acid groups (broad SMARTS) is 1. The van der Waals surface area contributed by atoms with Gasteiger partial charge in [-0.3, -0.25) is 4.79 Å². The molecule has 2 bridgehead atoms. The molecule has 0 spiro atoms. The Labute approximate surface area is 237 Å². The minimum absolute atomic E-state index is 0.0481. The van der Waals surface area contributed by atoms with Crippen LogP contribution in [0.2, 0.25) is 0 Å². The second-order valence-corrected chi connectivity index (χ2v) is 12.1. The number of carbonyl (C=O) groups is 2. The van der Waals surface area contributed by atoms with Crippen LogP contribution in [0.15, 0.2) is 60.9 Å². The molecule has 4 aromatic rings. The number of pyridine rings is 2. The summed E-state index contributed by atoms with van der Waals surface area (Å²) in [7, 11) is 0. The topological polar surface area (TPSA) is 122 Å². The van der Waals surface area contributed by atoms with E-state index in [-0.39, 0.29) is 23.6 Å². The highest BCUT2D eigenvalue weighted by molar-refractivity contribution is 5.86. The van der Waals surface area contributed by atoms with E-state index < -0.39 is 17.0 Å². The van der Waals surface area contributed by atoms with Crippen molar-refractivity contribution >= 4 is 23.2 Å². The zero-order valence-corrected chi connectivity index (χ0v) is 23.1. The summed E-state index contributed by atoms with van der Waals surface area (Å²) in [6.07, 6.45) is 5.61. The summed E-state index contributed by atoms with van der Waals surface area (Å²) in [6, 6.07) is 16.1. The minimum Gasteiger partial charge on any atom is -0.477 e. The molecule has 1 atom stereocenters. The van der Waals surface area contributed by atoms with Gasteiger partial charge in [-0.05, 0) is 48.2 Å². The van der Waals surface area contributed by atoms with Crippen LogP contribution in [0.4, 0.5) is 5.69 Å². The normalized spacial score (nSPS) is 26.7. The fraction of sp³-hybridized carbons (Fsp3) is 0.387. The first-order valence-corrected chi connectivity index (χ1v) is 14.0. The third kappa shape index (κ3) is 4.16. The first kappa shape index (κ1) is 25.6. The van der Waals surface area contributed by atoms with Crippen LogP contribution in [0.5, 0.6) is 0 Å². The number of aryl methyl sites for hydroxylation is 1. The molecule has 4 fully saturated rings. The average Bonchev–Trinajstić information content (AvgIpc) is 3.74. The van der Waals surface area contributed by atoms with Crippen molar-refractivity contribution in [3.8, 4) is 0 Å². The van der Waals surface area contributed by atoms with Crippen molar-refractivity contribution in [2.24, 2.45) is 5.41 Å². The first-order valence-electron chi connectivity index (χ1n) is 14.0. The van der Waals surface area contributed by atoms with Crippen molar-refractivity contribution in [1.29, 1.82) is 0 Å². The van der Waals surface area contributed by atoms with Crippen molar-refractivity contribution in [3.05, 3.63) is 89.1 Å². The van der Waals surface area contributed by atoms with Crippen molar-refractivity contribution in [3.63, 3.8) is 0 Å². The number of rotatable bonds is 7. The Hall–Kier alpha value is -4.31. The van der Waals surface area contributed by atoms with Gasteiger partial charge in [0.1, 0.15) is 11.3 Å². The van der Waals surface area contributed by atoms with E-state index in [4.69, 9.17) is 19.9 Å².